The summed E-state index contributed by atoms with van der Waals surface area (Å²) in [7, 11) is 0. The summed E-state index contributed by atoms with van der Waals surface area (Å²) in [6, 6.07) is 13.0. The first kappa shape index (κ1) is 16.4. The second-order valence-corrected chi connectivity index (χ2v) is 6.44. The summed E-state index contributed by atoms with van der Waals surface area (Å²) in [6.07, 6.45) is 4.56. The van der Waals surface area contributed by atoms with Crippen molar-refractivity contribution in [2.75, 3.05) is 5.32 Å². The zero-order valence-electron chi connectivity index (χ0n) is 14.1. The lowest BCUT2D eigenvalue weighted by Crippen LogP contribution is -2.13. The number of benzene rings is 2. The molecule has 0 unspecified atom stereocenters. The Morgan fingerprint density at radius 2 is 1.88 bits per heavy atom. The zero-order chi connectivity index (χ0) is 17.9. The Bertz CT molecular complexity index is 932. The molecule has 0 spiro atoms. The van der Waals surface area contributed by atoms with Crippen molar-refractivity contribution < 1.29 is 13.6 Å². The van der Waals surface area contributed by atoms with Gasteiger partial charge >= 0.3 is 0 Å². The summed E-state index contributed by atoms with van der Waals surface area (Å²) in [6.45, 7) is 0. The SMILES string of the molecule is O=C(Nc1cccc(-c2nnc(C3CCCC3)o2)c1)c1ccccc1F. The minimum absolute atomic E-state index is 0.000729. The molecular weight excluding hydrogens is 333 g/mol. The molecule has 0 atom stereocenters. The molecule has 1 aliphatic rings. The normalized spacial score (nSPS) is 14.5. The molecule has 6 heteroatoms. The van der Waals surface area contributed by atoms with Crippen molar-refractivity contribution >= 4 is 11.6 Å². The van der Waals surface area contributed by atoms with E-state index in [0.717, 1.165) is 12.8 Å². The molecule has 4 rings (SSSR count). The van der Waals surface area contributed by atoms with Crippen molar-refractivity contribution in [1.29, 1.82) is 0 Å². The Hall–Kier alpha value is -3.02. The second-order valence-electron chi connectivity index (χ2n) is 6.44. The molecule has 1 aliphatic carbocycles. The second kappa shape index (κ2) is 7.07. The molecule has 0 bridgehead atoms. The van der Waals surface area contributed by atoms with E-state index < -0.39 is 11.7 Å². The van der Waals surface area contributed by atoms with Crippen molar-refractivity contribution in [2.45, 2.75) is 31.6 Å². The Balaban J connectivity index is 1.53. The Kier molecular flexibility index (Phi) is 4.48. The zero-order valence-corrected chi connectivity index (χ0v) is 14.1. The van der Waals surface area contributed by atoms with Crippen LogP contribution >= 0.6 is 0 Å². The van der Waals surface area contributed by atoms with Gasteiger partial charge in [-0.05, 0) is 43.2 Å². The first-order valence-corrected chi connectivity index (χ1v) is 8.70. The Morgan fingerprint density at radius 1 is 1.08 bits per heavy atom. The van der Waals surface area contributed by atoms with Gasteiger partial charge in [-0.15, -0.1) is 10.2 Å². The molecule has 0 saturated heterocycles. The fraction of sp³-hybridized carbons (Fsp3) is 0.250. The van der Waals surface area contributed by atoms with Crippen LogP contribution in [0.4, 0.5) is 10.1 Å². The van der Waals surface area contributed by atoms with Crippen LogP contribution in [-0.4, -0.2) is 16.1 Å². The Morgan fingerprint density at radius 3 is 2.69 bits per heavy atom. The van der Waals surface area contributed by atoms with Crippen LogP contribution in [0.3, 0.4) is 0 Å². The van der Waals surface area contributed by atoms with Crippen molar-refractivity contribution in [3.05, 3.63) is 65.8 Å². The van der Waals surface area contributed by atoms with Gasteiger partial charge in [0, 0.05) is 17.2 Å². The van der Waals surface area contributed by atoms with Gasteiger partial charge in [0.05, 0.1) is 5.56 Å². The lowest BCUT2D eigenvalue weighted by Gasteiger charge is -2.07. The van der Waals surface area contributed by atoms with Crippen molar-refractivity contribution in [1.82, 2.24) is 10.2 Å². The molecule has 132 valence electrons. The predicted octanol–water partition coefficient (Wildman–Crippen LogP) is 4.79. The van der Waals surface area contributed by atoms with Gasteiger partial charge in [-0.2, -0.15) is 0 Å². The van der Waals surface area contributed by atoms with Gasteiger partial charge in [-0.3, -0.25) is 4.79 Å². The standard InChI is InChI=1S/C20H18FN3O2/c21-17-11-4-3-10-16(17)18(25)22-15-9-5-8-14(12-15)20-24-23-19(26-20)13-6-1-2-7-13/h3-5,8-13H,1-2,6-7H2,(H,22,25). The van der Waals surface area contributed by atoms with Crippen LogP contribution in [0.15, 0.2) is 52.9 Å². The van der Waals surface area contributed by atoms with Crippen molar-refractivity contribution in [3.8, 4) is 11.5 Å². The van der Waals surface area contributed by atoms with Crippen LogP contribution in [0.5, 0.6) is 0 Å². The highest BCUT2D eigenvalue weighted by Gasteiger charge is 2.23. The minimum Gasteiger partial charge on any atom is -0.420 e. The smallest absolute Gasteiger partial charge is 0.258 e. The summed E-state index contributed by atoms with van der Waals surface area (Å²) in [4.78, 5) is 12.3. The number of halogens is 1. The fourth-order valence-electron chi connectivity index (χ4n) is 3.26. The van der Waals surface area contributed by atoms with E-state index in [-0.39, 0.29) is 5.56 Å². The number of aromatic nitrogens is 2. The maximum atomic E-state index is 13.7. The van der Waals surface area contributed by atoms with Crippen molar-refractivity contribution in [2.24, 2.45) is 0 Å². The number of nitrogens with zero attached hydrogens (tertiary/aromatic N) is 2. The van der Waals surface area contributed by atoms with E-state index in [2.05, 4.69) is 15.5 Å². The van der Waals surface area contributed by atoms with Gasteiger partial charge in [0.15, 0.2) is 0 Å². The molecular formula is C20H18FN3O2. The number of carbonyl (C=O) groups excluding carboxylic acids is 1. The molecule has 1 heterocycles. The molecule has 1 aromatic heterocycles. The first-order chi connectivity index (χ1) is 12.7. The maximum Gasteiger partial charge on any atom is 0.258 e. The van der Waals surface area contributed by atoms with E-state index >= 15 is 0 Å². The molecule has 1 amide bonds. The van der Waals surface area contributed by atoms with Crippen molar-refractivity contribution in [3.63, 3.8) is 0 Å². The molecule has 0 aliphatic heterocycles. The van der Waals surface area contributed by atoms with E-state index in [4.69, 9.17) is 4.42 Å². The van der Waals surface area contributed by atoms with E-state index in [0.29, 0.717) is 29.0 Å². The van der Waals surface area contributed by atoms with Crippen LogP contribution < -0.4 is 5.32 Å². The highest BCUT2D eigenvalue weighted by atomic mass is 19.1. The number of hydrogen-bond donors (Lipinski definition) is 1. The quantitative estimate of drug-likeness (QED) is 0.734. The Labute approximate surface area is 150 Å². The highest BCUT2D eigenvalue weighted by molar-refractivity contribution is 6.04. The van der Waals surface area contributed by atoms with Gasteiger partial charge in [0.25, 0.3) is 5.91 Å². The minimum atomic E-state index is -0.556. The van der Waals surface area contributed by atoms with E-state index in [1.807, 2.05) is 6.07 Å². The summed E-state index contributed by atoms with van der Waals surface area (Å²) < 4.78 is 19.6. The number of carbonyl (C=O) groups is 1. The van der Waals surface area contributed by atoms with Gasteiger partial charge in [0.1, 0.15) is 5.82 Å². The molecule has 5 nitrogen and oxygen atoms in total. The third-order valence-corrected chi connectivity index (χ3v) is 4.63. The molecule has 3 aromatic rings. The van der Waals surface area contributed by atoms with Crippen LogP contribution in [-0.2, 0) is 0 Å². The predicted molar refractivity (Wildman–Crippen MR) is 95.3 cm³/mol. The lowest BCUT2D eigenvalue weighted by molar-refractivity contribution is 0.102. The summed E-state index contributed by atoms with van der Waals surface area (Å²) >= 11 is 0. The van der Waals surface area contributed by atoms with Crippen LogP contribution in [0.2, 0.25) is 0 Å². The summed E-state index contributed by atoms with van der Waals surface area (Å²) in [5.41, 5.74) is 1.25. The topological polar surface area (TPSA) is 68.0 Å². The third kappa shape index (κ3) is 3.35. The van der Waals surface area contributed by atoms with Crippen LogP contribution in [0.1, 0.15) is 47.8 Å². The molecule has 1 N–H and O–H groups in total. The number of amides is 1. The lowest BCUT2D eigenvalue weighted by atomic mass is 10.1. The maximum absolute atomic E-state index is 13.7. The van der Waals surface area contributed by atoms with Gasteiger partial charge < -0.3 is 9.73 Å². The number of hydrogen-bond acceptors (Lipinski definition) is 4. The highest BCUT2D eigenvalue weighted by Crippen LogP contribution is 2.34. The van der Waals surface area contributed by atoms with Gasteiger partial charge in [-0.1, -0.05) is 31.0 Å². The van der Waals surface area contributed by atoms with E-state index in [9.17, 15) is 9.18 Å². The van der Waals surface area contributed by atoms with Crippen LogP contribution in [0.25, 0.3) is 11.5 Å². The molecule has 26 heavy (non-hydrogen) atoms. The number of rotatable bonds is 4. The largest absolute Gasteiger partial charge is 0.420 e. The molecule has 0 radical (unpaired) electrons. The fourth-order valence-corrected chi connectivity index (χ4v) is 3.26. The van der Waals surface area contributed by atoms with Gasteiger partial charge in [-0.25, -0.2) is 4.39 Å². The monoisotopic (exact) mass is 351 g/mol. The third-order valence-electron chi connectivity index (χ3n) is 4.63. The van der Waals surface area contributed by atoms with Crippen LogP contribution in [0, 0.1) is 5.82 Å². The summed E-state index contributed by atoms with van der Waals surface area (Å²) in [5.74, 6) is 0.393. The molecule has 1 fully saturated rings. The first-order valence-electron chi connectivity index (χ1n) is 8.70. The summed E-state index contributed by atoms with van der Waals surface area (Å²) in [5, 5.41) is 11.0. The molecule has 1 saturated carbocycles. The van der Waals surface area contributed by atoms with Gasteiger partial charge in [0.2, 0.25) is 11.8 Å². The number of nitrogens with one attached hydrogen (secondary N) is 1. The van der Waals surface area contributed by atoms with E-state index in [1.165, 1.54) is 25.0 Å². The average molecular weight is 351 g/mol. The number of anilines is 1. The average Bonchev–Trinajstić information content (AvgIpc) is 3.34. The van der Waals surface area contributed by atoms with E-state index in [1.54, 1.807) is 30.3 Å². The molecule has 2 aromatic carbocycles.